The minimum atomic E-state index is -1.81. The Hall–Kier alpha value is 1.66. The monoisotopic (exact) mass is 214 g/mol. The number of carboxylic acid groups (broad SMARTS) is 2. The Balaban J connectivity index is -0.00000000643. The zero-order chi connectivity index (χ0) is 5.86. The maximum atomic E-state index is 9.21. The van der Waals surface area contributed by atoms with Crippen LogP contribution in [0.2, 0.25) is 0 Å². The fraction of sp³-hybridized carbons (Fsp3) is 0. The first kappa shape index (κ1) is 37.3. The van der Waals surface area contributed by atoms with E-state index in [0.29, 0.717) is 0 Å². The molecule has 0 aliphatic heterocycles. The van der Waals surface area contributed by atoms with Crippen molar-refractivity contribution in [3.05, 3.63) is 0 Å². The standard InChI is InChI=1S/C2H2O5.3Na.2H2O.3H/c3-1(4)7-2(5)6;;;;;;;;/h(H,3,4)(H,5,6);;;;2*1H2;;;/q;3*+1;;;3*-1. The summed E-state index contributed by atoms with van der Waals surface area (Å²) in [6.07, 6.45) is -3.62. The van der Waals surface area contributed by atoms with Crippen molar-refractivity contribution >= 4 is 12.3 Å². The number of rotatable bonds is 0. The fourth-order valence-electron chi connectivity index (χ4n) is 0.0747. The van der Waals surface area contributed by atoms with Crippen molar-refractivity contribution in [1.82, 2.24) is 0 Å². The van der Waals surface area contributed by atoms with E-state index in [1.165, 1.54) is 0 Å². The van der Waals surface area contributed by atoms with Gasteiger partial charge in [0.2, 0.25) is 0 Å². The number of carbonyl (C=O) groups is 2. The zero-order valence-corrected chi connectivity index (χ0v) is 13.1. The van der Waals surface area contributed by atoms with Crippen molar-refractivity contribution in [2.24, 2.45) is 0 Å². The van der Waals surface area contributed by atoms with E-state index in [9.17, 15) is 9.59 Å². The minimum Gasteiger partial charge on any atom is -1.00 e. The van der Waals surface area contributed by atoms with E-state index in [4.69, 9.17) is 10.2 Å². The predicted octanol–water partition coefficient (Wildman–Crippen LogP) is -9.94. The first-order valence-electron chi connectivity index (χ1n) is 1.26. The summed E-state index contributed by atoms with van der Waals surface area (Å²) in [4.78, 5) is 18.4. The van der Waals surface area contributed by atoms with Crippen LogP contribution in [0.5, 0.6) is 0 Å². The molecule has 0 radical (unpaired) electrons. The smallest absolute Gasteiger partial charge is 1.00 e. The van der Waals surface area contributed by atoms with Crippen LogP contribution in [0.4, 0.5) is 9.59 Å². The van der Waals surface area contributed by atoms with Crippen LogP contribution in [0.1, 0.15) is 4.28 Å². The molecule has 0 unspecified atom stereocenters. The molecule has 0 spiro atoms. The Bertz CT molecular complexity index is 104. The van der Waals surface area contributed by atoms with E-state index < -0.39 is 12.3 Å². The van der Waals surface area contributed by atoms with Crippen molar-refractivity contribution in [2.45, 2.75) is 0 Å². The van der Waals surface area contributed by atoms with E-state index in [2.05, 4.69) is 4.74 Å². The van der Waals surface area contributed by atoms with Crippen molar-refractivity contribution in [2.75, 3.05) is 0 Å². The van der Waals surface area contributed by atoms with Gasteiger partial charge in [-0.3, -0.25) is 0 Å². The van der Waals surface area contributed by atoms with E-state index >= 15 is 0 Å². The molecular weight excluding hydrogens is 205 g/mol. The van der Waals surface area contributed by atoms with Crippen LogP contribution >= 0.6 is 0 Å². The van der Waals surface area contributed by atoms with E-state index in [1.54, 1.807) is 0 Å². The molecule has 0 atom stereocenters. The van der Waals surface area contributed by atoms with Crippen LogP contribution in [0.15, 0.2) is 0 Å². The third-order valence-corrected chi connectivity index (χ3v) is 0.175. The largest absolute Gasteiger partial charge is 1.00 e. The van der Waals surface area contributed by atoms with Gasteiger partial charge in [-0.15, -0.1) is 0 Å². The molecule has 7 nitrogen and oxygen atoms in total. The van der Waals surface area contributed by atoms with Crippen LogP contribution in [0, 0.1) is 0 Å². The van der Waals surface area contributed by atoms with E-state index in [-0.39, 0.29) is 104 Å². The number of ether oxygens (including phenoxy) is 1. The Morgan fingerprint density at radius 3 is 1.08 bits per heavy atom. The fourth-order valence-corrected chi connectivity index (χ4v) is 0.0747. The predicted molar refractivity (Wildman–Crippen MR) is 27.7 cm³/mol. The zero-order valence-electron chi connectivity index (χ0n) is 10.1. The van der Waals surface area contributed by atoms with Crippen LogP contribution in [0.25, 0.3) is 0 Å². The van der Waals surface area contributed by atoms with Gasteiger partial charge >= 0.3 is 101 Å². The quantitative estimate of drug-likeness (QED) is 0.233. The Labute approximate surface area is 139 Å². The van der Waals surface area contributed by atoms with Gasteiger partial charge in [-0.1, -0.05) is 0 Å². The number of hydrogen-bond acceptors (Lipinski definition) is 3. The molecule has 0 saturated heterocycles. The van der Waals surface area contributed by atoms with Gasteiger partial charge in [0.05, 0.1) is 0 Å². The Kier molecular flexibility index (Phi) is 71.4. The Morgan fingerprint density at radius 1 is 0.917 bits per heavy atom. The van der Waals surface area contributed by atoms with Gasteiger partial charge in [0, 0.05) is 0 Å². The average Bonchev–Trinajstić information content (AvgIpc) is 1.27. The maximum absolute atomic E-state index is 9.21. The molecule has 12 heavy (non-hydrogen) atoms. The third kappa shape index (κ3) is 41.4. The maximum Gasteiger partial charge on any atom is 1.00 e. The van der Waals surface area contributed by atoms with Gasteiger partial charge < -0.3 is 30.2 Å². The van der Waals surface area contributed by atoms with Gasteiger partial charge in [0.15, 0.2) is 0 Å². The van der Waals surface area contributed by atoms with Gasteiger partial charge in [0.1, 0.15) is 0 Å². The van der Waals surface area contributed by atoms with Gasteiger partial charge in [-0.25, -0.2) is 9.59 Å². The molecule has 62 valence electrons. The summed E-state index contributed by atoms with van der Waals surface area (Å²) in [6.45, 7) is 0. The van der Waals surface area contributed by atoms with Crippen LogP contribution in [0.3, 0.4) is 0 Å². The second kappa shape index (κ2) is 23.0. The van der Waals surface area contributed by atoms with Crippen molar-refractivity contribution in [3.8, 4) is 0 Å². The van der Waals surface area contributed by atoms with Crippen LogP contribution < -0.4 is 88.7 Å². The molecule has 10 heteroatoms. The molecule has 0 aromatic rings. The van der Waals surface area contributed by atoms with E-state index in [0.717, 1.165) is 0 Å². The Morgan fingerprint density at radius 2 is 1.08 bits per heavy atom. The van der Waals surface area contributed by atoms with Crippen molar-refractivity contribution in [1.29, 1.82) is 0 Å². The molecule has 6 N–H and O–H groups in total. The summed E-state index contributed by atoms with van der Waals surface area (Å²) in [7, 11) is 0. The van der Waals surface area contributed by atoms with Crippen molar-refractivity contribution in [3.63, 3.8) is 0 Å². The molecule has 0 saturated carbocycles. The topological polar surface area (TPSA) is 147 Å². The molecule has 0 aromatic carbocycles. The molecule has 0 aromatic heterocycles. The van der Waals surface area contributed by atoms with Gasteiger partial charge in [0.25, 0.3) is 0 Å². The third-order valence-electron chi connectivity index (χ3n) is 0.175. The summed E-state index contributed by atoms with van der Waals surface area (Å²) in [5, 5.41) is 15.0. The van der Waals surface area contributed by atoms with Crippen LogP contribution in [-0.2, 0) is 4.74 Å². The molecule has 0 rings (SSSR count). The number of hydrogen-bond donors (Lipinski definition) is 2. The van der Waals surface area contributed by atoms with Crippen molar-refractivity contribution < 1.29 is 128 Å². The molecule has 0 amide bonds. The summed E-state index contributed by atoms with van der Waals surface area (Å²) in [5.74, 6) is 0. The summed E-state index contributed by atoms with van der Waals surface area (Å²) in [5.41, 5.74) is 0. The molecule has 0 aliphatic rings. The first-order valence-corrected chi connectivity index (χ1v) is 1.26. The summed E-state index contributed by atoms with van der Waals surface area (Å²) >= 11 is 0. The van der Waals surface area contributed by atoms with E-state index in [1.807, 2.05) is 0 Å². The molecular formula is C2H9Na3O7. The normalized spacial score (nSPS) is 4.33. The minimum absolute atomic E-state index is 0. The molecule has 0 fully saturated rings. The average molecular weight is 214 g/mol. The molecule has 0 heterocycles. The summed E-state index contributed by atoms with van der Waals surface area (Å²) < 4.78 is 3.08. The van der Waals surface area contributed by atoms with Crippen LogP contribution in [-0.4, -0.2) is 33.5 Å². The second-order valence-electron chi connectivity index (χ2n) is 0.634. The molecule has 0 bridgehead atoms. The first-order chi connectivity index (χ1) is 3.13. The SMILES string of the molecule is O.O.O=C(O)OC(=O)O.[H-].[H-].[H-].[Na+].[Na+].[Na+]. The van der Waals surface area contributed by atoms with Gasteiger partial charge in [-0.2, -0.15) is 0 Å². The molecule has 0 aliphatic carbocycles. The van der Waals surface area contributed by atoms with Gasteiger partial charge in [-0.05, 0) is 0 Å². The second-order valence-corrected chi connectivity index (χ2v) is 0.634. The summed E-state index contributed by atoms with van der Waals surface area (Å²) in [6, 6.07) is 0.